The maximum absolute atomic E-state index is 12.5. The fourth-order valence-electron chi connectivity index (χ4n) is 0.892. The normalized spacial score (nSPS) is 15.8. The zero-order chi connectivity index (χ0) is 10.4. The minimum absolute atomic E-state index is 0.358. The molecule has 0 aromatic rings. The van der Waals surface area contributed by atoms with Crippen LogP contribution in [0.5, 0.6) is 0 Å². The van der Waals surface area contributed by atoms with E-state index in [1.807, 2.05) is 13.0 Å². The second-order valence-electron chi connectivity index (χ2n) is 3.30. The minimum Gasteiger partial charge on any atom is -0.256 e. The van der Waals surface area contributed by atoms with Gasteiger partial charge in [0.15, 0.2) is 0 Å². The molecule has 0 amide bonds. The first-order valence-electron chi connectivity index (χ1n) is 4.55. The summed E-state index contributed by atoms with van der Waals surface area (Å²) in [6, 6.07) is 0. The topological polar surface area (TPSA) is 12.4 Å². The molecule has 1 nitrogen and oxygen atoms in total. The molecule has 0 aliphatic rings. The molecule has 0 spiro atoms. The van der Waals surface area contributed by atoms with Gasteiger partial charge >= 0.3 is 0 Å². The van der Waals surface area contributed by atoms with Crippen LogP contribution in [0.15, 0.2) is 29.2 Å². The Morgan fingerprint density at radius 3 is 2.46 bits per heavy atom. The number of nitrogens with zero attached hydrogens (tertiary/aromatic N) is 1. The molecule has 0 saturated carbocycles. The van der Waals surface area contributed by atoms with Crippen molar-refractivity contribution < 1.29 is 4.39 Å². The van der Waals surface area contributed by atoms with Gasteiger partial charge in [-0.3, -0.25) is 4.99 Å². The van der Waals surface area contributed by atoms with Crippen LogP contribution in [0.25, 0.3) is 0 Å². The van der Waals surface area contributed by atoms with Gasteiger partial charge in [-0.25, -0.2) is 4.39 Å². The molecule has 0 aromatic heterocycles. The summed E-state index contributed by atoms with van der Waals surface area (Å²) in [5.74, 6) is 0.0290. The van der Waals surface area contributed by atoms with Crippen LogP contribution >= 0.6 is 0 Å². The average Bonchev–Trinajstić information content (AvgIpc) is 2.03. The van der Waals surface area contributed by atoms with Gasteiger partial charge in [0.1, 0.15) is 5.83 Å². The molecule has 0 aromatic carbocycles. The van der Waals surface area contributed by atoms with Gasteiger partial charge < -0.3 is 0 Å². The molecule has 1 atom stereocenters. The average molecular weight is 183 g/mol. The summed E-state index contributed by atoms with van der Waals surface area (Å²) < 4.78 is 12.5. The Morgan fingerprint density at radius 1 is 1.54 bits per heavy atom. The molecule has 0 N–H and O–H groups in total. The van der Waals surface area contributed by atoms with Gasteiger partial charge in [-0.2, -0.15) is 0 Å². The van der Waals surface area contributed by atoms with E-state index in [9.17, 15) is 4.39 Å². The first-order valence-corrected chi connectivity index (χ1v) is 4.55. The standard InChI is InChI=1S/C11H18FN/c1-6-8(2)7-9(3)13-11(5)10(4)12/h7-8H,4,6H2,1-3,5H3/b9-7-,13-11?. The number of rotatable bonds is 4. The zero-order valence-corrected chi connectivity index (χ0v) is 8.89. The lowest BCUT2D eigenvalue weighted by atomic mass is 10.1. The maximum Gasteiger partial charge on any atom is 0.137 e. The minimum atomic E-state index is -0.461. The van der Waals surface area contributed by atoms with E-state index in [1.165, 1.54) is 0 Å². The van der Waals surface area contributed by atoms with Gasteiger partial charge in [-0.1, -0.05) is 32.9 Å². The molecule has 2 heteroatoms. The third kappa shape index (κ3) is 5.34. The van der Waals surface area contributed by atoms with Gasteiger partial charge in [-0.15, -0.1) is 0 Å². The molecule has 0 aliphatic carbocycles. The van der Waals surface area contributed by atoms with Crippen molar-refractivity contribution in [2.24, 2.45) is 10.9 Å². The smallest absolute Gasteiger partial charge is 0.137 e. The summed E-state index contributed by atoms with van der Waals surface area (Å²) in [5, 5.41) is 0. The molecular formula is C11H18FN. The number of halogens is 1. The molecule has 0 rings (SSSR count). The van der Waals surface area contributed by atoms with E-state index in [4.69, 9.17) is 0 Å². The molecule has 0 fully saturated rings. The summed E-state index contributed by atoms with van der Waals surface area (Å²) in [6.07, 6.45) is 3.11. The van der Waals surface area contributed by atoms with Crippen LogP contribution in [0, 0.1) is 5.92 Å². The summed E-state index contributed by atoms with van der Waals surface area (Å²) in [4.78, 5) is 4.07. The van der Waals surface area contributed by atoms with Crippen LogP contribution in [0.2, 0.25) is 0 Å². The second kappa shape index (κ2) is 5.68. The molecule has 0 heterocycles. The number of aliphatic imine (C=N–C) groups is 1. The molecule has 74 valence electrons. The van der Waals surface area contributed by atoms with Crippen molar-refractivity contribution in [1.29, 1.82) is 0 Å². The largest absolute Gasteiger partial charge is 0.256 e. The number of allylic oxidation sites excluding steroid dienone is 3. The molecule has 0 radical (unpaired) electrons. The summed E-state index contributed by atoms with van der Waals surface area (Å²) >= 11 is 0. The first kappa shape index (κ1) is 12.1. The van der Waals surface area contributed by atoms with E-state index >= 15 is 0 Å². The highest BCUT2D eigenvalue weighted by Crippen LogP contribution is 2.09. The first-order chi connectivity index (χ1) is 5.97. The lowest BCUT2D eigenvalue weighted by Crippen LogP contribution is -1.92. The van der Waals surface area contributed by atoms with Crippen molar-refractivity contribution in [1.82, 2.24) is 0 Å². The molecule has 0 saturated heterocycles. The molecule has 13 heavy (non-hydrogen) atoms. The summed E-state index contributed by atoms with van der Waals surface area (Å²) in [6.45, 7) is 10.9. The fourth-order valence-corrected chi connectivity index (χ4v) is 0.892. The highest BCUT2D eigenvalue weighted by molar-refractivity contribution is 5.96. The lowest BCUT2D eigenvalue weighted by molar-refractivity contribution is 0.681. The quantitative estimate of drug-likeness (QED) is 0.586. The Morgan fingerprint density at radius 2 is 2.08 bits per heavy atom. The third-order valence-corrected chi connectivity index (χ3v) is 1.91. The van der Waals surface area contributed by atoms with Crippen molar-refractivity contribution >= 4 is 5.71 Å². The van der Waals surface area contributed by atoms with Crippen molar-refractivity contribution in [2.75, 3.05) is 0 Å². The van der Waals surface area contributed by atoms with Crippen LogP contribution in [-0.2, 0) is 0 Å². The van der Waals surface area contributed by atoms with E-state index in [0.717, 1.165) is 12.1 Å². The van der Waals surface area contributed by atoms with Crippen LogP contribution in [0.3, 0.4) is 0 Å². The number of hydrogen-bond acceptors (Lipinski definition) is 1. The Kier molecular flexibility index (Phi) is 5.28. The van der Waals surface area contributed by atoms with Gasteiger partial charge in [0.25, 0.3) is 0 Å². The van der Waals surface area contributed by atoms with Gasteiger partial charge in [-0.05, 0) is 19.8 Å². The predicted molar refractivity (Wildman–Crippen MR) is 56.6 cm³/mol. The van der Waals surface area contributed by atoms with Crippen LogP contribution in [-0.4, -0.2) is 5.71 Å². The maximum atomic E-state index is 12.5. The lowest BCUT2D eigenvalue weighted by Gasteiger charge is -2.02. The molecular weight excluding hydrogens is 165 g/mol. The Bertz CT molecular complexity index is 238. The van der Waals surface area contributed by atoms with Crippen molar-refractivity contribution in [3.05, 3.63) is 24.2 Å². The highest BCUT2D eigenvalue weighted by atomic mass is 19.1. The zero-order valence-electron chi connectivity index (χ0n) is 8.89. The van der Waals surface area contributed by atoms with E-state index in [0.29, 0.717) is 11.6 Å². The van der Waals surface area contributed by atoms with E-state index in [1.54, 1.807) is 6.92 Å². The molecule has 0 aliphatic heterocycles. The molecule has 1 unspecified atom stereocenters. The van der Waals surface area contributed by atoms with E-state index in [2.05, 4.69) is 25.4 Å². The summed E-state index contributed by atoms with van der Waals surface area (Å²) in [5.41, 5.74) is 1.21. The summed E-state index contributed by atoms with van der Waals surface area (Å²) in [7, 11) is 0. The van der Waals surface area contributed by atoms with Gasteiger partial charge in [0.2, 0.25) is 0 Å². The van der Waals surface area contributed by atoms with Crippen LogP contribution in [0.1, 0.15) is 34.1 Å². The fraction of sp³-hybridized carbons (Fsp3) is 0.545. The van der Waals surface area contributed by atoms with Crippen molar-refractivity contribution in [3.63, 3.8) is 0 Å². The SMILES string of the molecule is C=C(F)C(C)=N/C(C)=C\C(C)CC. The highest BCUT2D eigenvalue weighted by Gasteiger charge is 1.97. The Hall–Kier alpha value is -0.920. The number of hydrogen-bond donors (Lipinski definition) is 0. The van der Waals surface area contributed by atoms with E-state index in [-0.39, 0.29) is 0 Å². The van der Waals surface area contributed by atoms with Gasteiger partial charge in [0.05, 0.1) is 5.71 Å². The van der Waals surface area contributed by atoms with Crippen LogP contribution < -0.4 is 0 Å². The third-order valence-electron chi connectivity index (χ3n) is 1.91. The Labute approximate surface area is 80.1 Å². The molecule has 0 bridgehead atoms. The predicted octanol–water partition coefficient (Wildman–Crippen LogP) is 3.88. The monoisotopic (exact) mass is 183 g/mol. The Balaban J connectivity index is 4.44. The van der Waals surface area contributed by atoms with E-state index < -0.39 is 5.83 Å². The van der Waals surface area contributed by atoms with Crippen molar-refractivity contribution in [3.8, 4) is 0 Å². The second-order valence-corrected chi connectivity index (χ2v) is 3.30. The van der Waals surface area contributed by atoms with Gasteiger partial charge in [0, 0.05) is 5.70 Å². The van der Waals surface area contributed by atoms with Crippen molar-refractivity contribution in [2.45, 2.75) is 34.1 Å². The van der Waals surface area contributed by atoms with Crippen LogP contribution in [0.4, 0.5) is 4.39 Å².